The van der Waals surface area contributed by atoms with Gasteiger partial charge in [-0.25, -0.2) is 0 Å². The Kier molecular flexibility index (Phi) is 2.69. The van der Waals surface area contributed by atoms with Gasteiger partial charge in [0.05, 0.1) is 6.04 Å². The van der Waals surface area contributed by atoms with Crippen LogP contribution in [0.3, 0.4) is 0 Å². The number of carbonyl (C=O) groups excluding carboxylic acids is 1. The molecule has 1 aromatic rings. The number of ether oxygens (including phenoxy) is 1. The molecule has 0 saturated carbocycles. The predicted molar refractivity (Wildman–Crippen MR) is 62.5 cm³/mol. The summed E-state index contributed by atoms with van der Waals surface area (Å²) in [5, 5.41) is 2.85. The van der Waals surface area contributed by atoms with Gasteiger partial charge in [0.25, 0.3) is 0 Å². The smallest absolute Gasteiger partial charge is 0.243 e. The van der Waals surface area contributed by atoms with Crippen molar-refractivity contribution >= 4 is 5.91 Å². The monoisotopic (exact) mass is 217 g/mol. The maximum atomic E-state index is 11.2. The van der Waals surface area contributed by atoms with Gasteiger partial charge in [0.15, 0.2) is 0 Å². The number of carbonyl (C=O) groups is 1. The van der Waals surface area contributed by atoms with Gasteiger partial charge in [-0.2, -0.15) is 0 Å². The van der Waals surface area contributed by atoms with Crippen LogP contribution in [0.2, 0.25) is 0 Å². The van der Waals surface area contributed by atoms with Crippen molar-refractivity contribution in [3.8, 4) is 5.75 Å². The van der Waals surface area contributed by atoms with Gasteiger partial charge >= 0.3 is 0 Å². The molecule has 2 rings (SSSR count). The Balaban J connectivity index is 2.30. The van der Waals surface area contributed by atoms with Crippen LogP contribution in [-0.4, -0.2) is 12.5 Å². The molecule has 0 radical (unpaired) electrons. The van der Waals surface area contributed by atoms with Crippen LogP contribution in [0.15, 0.2) is 24.8 Å². The Morgan fingerprint density at radius 2 is 2.31 bits per heavy atom. The second-order valence-electron chi connectivity index (χ2n) is 4.00. The summed E-state index contributed by atoms with van der Waals surface area (Å²) in [6.45, 7) is 8.02. The third-order valence-corrected chi connectivity index (χ3v) is 2.98. The van der Waals surface area contributed by atoms with Crippen molar-refractivity contribution in [2.45, 2.75) is 19.9 Å². The lowest BCUT2D eigenvalue weighted by molar-refractivity contribution is -0.117. The van der Waals surface area contributed by atoms with Gasteiger partial charge < -0.3 is 10.1 Å². The van der Waals surface area contributed by atoms with E-state index in [0.717, 1.165) is 16.9 Å². The highest BCUT2D eigenvalue weighted by molar-refractivity contribution is 5.87. The fourth-order valence-electron chi connectivity index (χ4n) is 1.88. The summed E-state index contributed by atoms with van der Waals surface area (Å²) >= 11 is 0. The average molecular weight is 217 g/mol. The van der Waals surface area contributed by atoms with E-state index in [-0.39, 0.29) is 11.9 Å². The molecule has 1 heterocycles. The van der Waals surface area contributed by atoms with Gasteiger partial charge in [-0.3, -0.25) is 4.79 Å². The van der Waals surface area contributed by atoms with Crippen molar-refractivity contribution < 1.29 is 9.53 Å². The zero-order valence-corrected chi connectivity index (χ0v) is 9.54. The number of rotatable bonds is 2. The van der Waals surface area contributed by atoms with E-state index in [9.17, 15) is 4.79 Å². The number of fused-ring (bicyclic) bond motifs is 1. The van der Waals surface area contributed by atoms with Crippen LogP contribution in [0.25, 0.3) is 0 Å². The molecular weight excluding hydrogens is 202 g/mol. The molecule has 84 valence electrons. The first kappa shape index (κ1) is 10.7. The molecule has 3 heteroatoms. The van der Waals surface area contributed by atoms with Crippen LogP contribution in [0.1, 0.15) is 22.7 Å². The topological polar surface area (TPSA) is 38.3 Å². The fraction of sp³-hybridized carbons (Fsp3) is 0.308. The predicted octanol–water partition coefficient (Wildman–Crippen LogP) is 2.04. The van der Waals surface area contributed by atoms with Crippen LogP contribution in [0, 0.1) is 13.8 Å². The summed E-state index contributed by atoms with van der Waals surface area (Å²) in [5.74, 6) is 0.744. The van der Waals surface area contributed by atoms with E-state index in [1.54, 1.807) is 0 Å². The number of nitrogens with one attached hydrogen (secondary N) is 1. The summed E-state index contributed by atoms with van der Waals surface area (Å²) in [7, 11) is 0. The zero-order valence-electron chi connectivity index (χ0n) is 9.54. The molecule has 1 unspecified atom stereocenters. The van der Waals surface area contributed by atoms with Crippen LogP contribution < -0.4 is 10.1 Å². The van der Waals surface area contributed by atoms with E-state index >= 15 is 0 Å². The molecular formula is C13H15NO2. The third-order valence-electron chi connectivity index (χ3n) is 2.98. The van der Waals surface area contributed by atoms with E-state index in [1.165, 1.54) is 11.6 Å². The standard InChI is InChI=1S/C13H15NO2/c1-4-12(15)14-11-7-16-13-9(3)8(2)5-6-10(11)13/h4-6,11H,1,7H2,2-3H3,(H,14,15). The largest absolute Gasteiger partial charge is 0.490 e. The van der Waals surface area contributed by atoms with Crippen molar-refractivity contribution in [1.82, 2.24) is 5.32 Å². The average Bonchev–Trinajstić information content (AvgIpc) is 2.67. The summed E-state index contributed by atoms with van der Waals surface area (Å²) in [4.78, 5) is 11.2. The lowest BCUT2D eigenvalue weighted by Crippen LogP contribution is -2.27. The minimum absolute atomic E-state index is 0.0557. The normalized spacial score (nSPS) is 17.5. The van der Waals surface area contributed by atoms with Crippen molar-refractivity contribution in [3.63, 3.8) is 0 Å². The first-order valence-electron chi connectivity index (χ1n) is 5.29. The summed E-state index contributed by atoms with van der Waals surface area (Å²) in [6.07, 6.45) is 1.28. The molecule has 1 aliphatic heterocycles. The molecule has 3 nitrogen and oxygen atoms in total. The molecule has 0 fully saturated rings. The number of aryl methyl sites for hydroxylation is 1. The summed E-state index contributed by atoms with van der Waals surface area (Å²) in [6, 6.07) is 4.01. The highest BCUT2D eigenvalue weighted by Crippen LogP contribution is 2.36. The van der Waals surface area contributed by atoms with E-state index in [2.05, 4.69) is 24.9 Å². The maximum absolute atomic E-state index is 11.2. The first-order chi connectivity index (χ1) is 7.63. The maximum Gasteiger partial charge on any atom is 0.243 e. The highest BCUT2D eigenvalue weighted by atomic mass is 16.5. The SMILES string of the molecule is C=CC(=O)NC1COc2c1ccc(C)c2C. The Hall–Kier alpha value is -1.77. The molecule has 1 N–H and O–H groups in total. The molecule has 1 amide bonds. The molecule has 0 saturated heterocycles. The highest BCUT2D eigenvalue weighted by Gasteiger charge is 2.26. The molecule has 1 aliphatic rings. The third kappa shape index (κ3) is 1.69. The fourth-order valence-corrected chi connectivity index (χ4v) is 1.88. The number of amides is 1. The summed E-state index contributed by atoms with van der Waals surface area (Å²) < 4.78 is 5.62. The molecule has 1 atom stereocenters. The second-order valence-corrected chi connectivity index (χ2v) is 4.00. The van der Waals surface area contributed by atoms with E-state index < -0.39 is 0 Å². The Labute approximate surface area is 95.1 Å². The molecule has 0 bridgehead atoms. The molecule has 0 aromatic heterocycles. The number of hydrogen-bond donors (Lipinski definition) is 1. The van der Waals surface area contributed by atoms with Gasteiger partial charge in [-0.05, 0) is 31.1 Å². The van der Waals surface area contributed by atoms with Gasteiger partial charge in [-0.1, -0.05) is 18.7 Å². The van der Waals surface area contributed by atoms with Crippen molar-refractivity contribution in [2.75, 3.05) is 6.61 Å². The summed E-state index contributed by atoms with van der Waals surface area (Å²) in [5.41, 5.74) is 3.40. The first-order valence-corrected chi connectivity index (χ1v) is 5.29. The minimum atomic E-state index is -0.167. The second kappa shape index (κ2) is 4.00. The van der Waals surface area contributed by atoms with Gasteiger partial charge in [0.1, 0.15) is 12.4 Å². The Bertz CT molecular complexity index is 451. The molecule has 1 aromatic carbocycles. The van der Waals surface area contributed by atoms with Crippen molar-refractivity contribution in [3.05, 3.63) is 41.5 Å². The zero-order chi connectivity index (χ0) is 11.7. The molecule has 0 aliphatic carbocycles. The lowest BCUT2D eigenvalue weighted by atomic mass is 10.0. The van der Waals surface area contributed by atoms with Crippen LogP contribution >= 0.6 is 0 Å². The van der Waals surface area contributed by atoms with E-state index in [0.29, 0.717) is 6.61 Å². The Morgan fingerprint density at radius 1 is 1.56 bits per heavy atom. The van der Waals surface area contributed by atoms with Gasteiger partial charge in [0, 0.05) is 5.56 Å². The molecule has 0 spiro atoms. The minimum Gasteiger partial charge on any atom is -0.490 e. The van der Waals surface area contributed by atoms with Crippen LogP contribution in [0.4, 0.5) is 0 Å². The lowest BCUT2D eigenvalue weighted by Gasteiger charge is -2.10. The van der Waals surface area contributed by atoms with Crippen molar-refractivity contribution in [2.24, 2.45) is 0 Å². The Morgan fingerprint density at radius 3 is 3.00 bits per heavy atom. The number of benzene rings is 1. The van der Waals surface area contributed by atoms with Gasteiger partial charge in [0.2, 0.25) is 5.91 Å². The number of hydrogen-bond acceptors (Lipinski definition) is 2. The van der Waals surface area contributed by atoms with E-state index in [1.807, 2.05) is 13.0 Å². The quantitative estimate of drug-likeness (QED) is 0.770. The van der Waals surface area contributed by atoms with E-state index in [4.69, 9.17) is 4.74 Å². The van der Waals surface area contributed by atoms with Crippen molar-refractivity contribution in [1.29, 1.82) is 0 Å². The van der Waals surface area contributed by atoms with Crippen LogP contribution in [-0.2, 0) is 4.79 Å². The van der Waals surface area contributed by atoms with Crippen LogP contribution in [0.5, 0.6) is 5.75 Å². The van der Waals surface area contributed by atoms with Gasteiger partial charge in [-0.15, -0.1) is 0 Å². The molecule has 16 heavy (non-hydrogen) atoms.